The molecule has 0 heterocycles. The zero-order valence-electron chi connectivity index (χ0n) is 12.1. The van der Waals surface area contributed by atoms with Gasteiger partial charge in [0.25, 0.3) is 0 Å². The third-order valence-corrected chi connectivity index (χ3v) is 3.41. The molecule has 22 heavy (non-hydrogen) atoms. The Labute approximate surface area is 127 Å². The summed E-state index contributed by atoms with van der Waals surface area (Å²) in [6, 6.07) is 10.4. The first-order chi connectivity index (χ1) is 10.5. The van der Waals surface area contributed by atoms with Crippen LogP contribution in [0.1, 0.15) is 22.8 Å². The summed E-state index contributed by atoms with van der Waals surface area (Å²) in [5, 5.41) is 12.6. The van der Waals surface area contributed by atoms with E-state index in [4.69, 9.17) is 0 Å². The Kier molecular flexibility index (Phi) is 5.22. The Morgan fingerprint density at radius 3 is 2.64 bits per heavy atom. The molecule has 0 saturated carbocycles. The quantitative estimate of drug-likeness (QED) is 0.892. The molecule has 1 atom stereocenters. The Balaban J connectivity index is 1.91. The number of halogens is 2. The van der Waals surface area contributed by atoms with Crippen LogP contribution in [-0.4, -0.2) is 17.6 Å². The summed E-state index contributed by atoms with van der Waals surface area (Å²) >= 11 is 0. The fraction of sp³-hybridized carbons (Fsp3) is 0.235. The summed E-state index contributed by atoms with van der Waals surface area (Å²) < 4.78 is 26.2. The fourth-order valence-corrected chi connectivity index (χ4v) is 2.18. The van der Waals surface area contributed by atoms with Crippen LogP contribution in [0.25, 0.3) is 0 Å². The van der Waals surface area contributed by atoms with Crippen LogP contribution in [0, 0.1) is 18.6 Å². The van der Waals surface area contributed by atoms with Gasteiger partial charge in [-0.1, -0.05) is 30.3 Å². The molecular weight excluding hydrogens is 288 g/mol. The summed E-state index contributed by atoms with van der Waals surface area (Å²) in [5.41, 5.74) is 1.77. The number of hydrogen-bond acceptors (Lipinski definition) is 2. The largest absolute Gasteiger partial charge is 0.387 e. The first kappa shape index (κ1) is 16.1. The maximum Gasteiger partial charge on any atom is 0.224 e. The highest BCUT2D eigenvalue weighted by Gasteiger charge is 2.13. The van der Waals surface area contributed by atoms with Crippen LogP contribution in [-0.2, 0) is 11.2 Å². The lowest BCUT2D eigenvalue weighted by molar-refractivity contribution is -0.120. The second-order valence-electron chi connectivity index (χ2n) is 5.09. The number of aliphatic hydroxyl groups excluding tert-OH is 1. The van der Waals surface area contributed by atoms with Crippen molar-refractivity contribution in [2.24, 2.45) is 0 Å². The molecule has 2 rings (SSSR count). The minimum Gasteiger partial charge on any atom is -0.387 e. The molecule has 0 aliphatic heterocycles. The number of carbonyl (C=O) groups excluding carboxylic acids is 1. The number of benzene rings is 2. The van der Waals surface area contributed by atoms with Crippen LogP contribution in [0.5, 0.6) is 0 Å². The summed E-state index contributed by atoms with van der Waals surface area (Å²) in [6.07, 6.45) is -1.03. The van der Waals surface area contributed by atoms with E-state index in [-0.39, 0.29) is 18.5 Å². The van der Waals surface area contributed by atoms with E-state index in [1.165, 1.54) is 6.07 Å². The molecule has 2 aromatic rings. The molecule has 116 valence electrons. The van der Waals surface area contributed by atoms with Crippen molar-refractivity contribution >= 4 is 5.91 Å². The molecule has 0 aromatic heterocycles. The number of aliphatic hydroxyl groups is 1. The van der Waals surface area contributed by atoms with Gasteiger partial charge in [-0.2, -0.15) is 0 Å². The standard InChI is InChI=1S/C17H17F2NO2/c1-11-4-2-3-5-14(11)16(21)10-20-17(22)8-12-6-7-13(18)9-15(12)19/h2-7,9,16,21H,8,10H2,1H3,(H,20,22). The second kappa shape index (κ2) is 7.13. The van der Waals surface area contributed by atoms with Crippen molar-refractivity contribution in [3.63, 3.8) is 0 Å². The molecule has 0 bridgehead atoms. The van der Waals surface area contributed by atoms with Crippen molar-refractivity contribution in [1.29, 1.82) is 0 Å². The van der Waals surface area contributed by atoms with E-state index in [0.717, 1.165) is 23.3 Å². The van der Waals surface area contributed by atoms with E-state index >= 15 is 0 Å². The number of aryl methyl sites for hydroxylation is 1. The molecule has 0 radical (unpaired) electrons. The van der Waals surface area contributed by atoms with Gasteiger partial charge < -0.3 is 10.4 Å². The topological polar surface area (TPSA) is 49.3 Å². The Hall–Kier alpha value is -2.27. The van der Waals surface area contributed by atoms with Crippen molar-refractivity contribution in [2.45, 2.75) is 19.4 Å². The second-order valence-corrected chi connectivity index (χ2v) is 5.09. The molecule has 0 fully saturated rings. The van der Waals surface area contributed by atoms with Gasteiger partial charge in [0.1, 0.15) is 11.6 Å². The number of amides is 1. The van der Waals surface area contributed by atoms with Gasteiger partial charge in [0, 0.05) is 12.6 Å². The van der Waals surface area contributed by atoms with Crippen LogP contribution < -0.4 is 5.32 Å². The third kappa shape index (κ3) is 4.11. The summed E-state index contributed by atoms with van der Waals surface area (Å²) in [4.78, 5) is 11.8. The van der Waals surface area contributed by atoms with Gasteiger partial charge in [0.05, 0.1) is 12.5 Å². The van der Waals surface area contributed by atoms with E-state index < -0.39 is 23.6 Å². The molecule has 1 unspecified atom stereocenters. The average Bonchev–Trinajstić information content (AvgIpc) is 2.48. The molecule has 0 aliphatic rings. The fourth-order valence-electron chi connectivity index (χ4n) is 2.18. The van der Waals surface area contributed by atoms with E-state index in [9.17, 15) is 18.7 Å². The predicted molar refractivity (Wildman–Crippen MR) is 79.2 cm³/mol. The molecule has 3 nitrogen and oxygen atoms in total. The van der Waals surface area contributed by atoms with E-state index in [1.807, 2.05) is 19.1 Å². The molecule has 0 aliphatic carbocycles. The van der Waals surface area contributed by atoms with Gasteiger partial charge in [0.15, 0.2) is 0 Å². The smallest absolute Gasteiger partial charge is 0.224 e. The van der Waals surface area contributed by atoms with Crippen molar-refractivity contribution in [1.82, 2.24) is 5.32 Å². The summed E-state index contributed by atoms with van der Waals surface area (Å²) in [5.74, 6) is -1.87. The Bertz CT molecular complexity index is 673. The van der Waals surface area contributed by atoms with Crippen molar-refractivity contribution < 1.29 is 18.7 Å². The van der Waals surface area contributed by atoms with Crippen LogP contribution in [0.2, 0.25) is 0 Å². The zero-order valence-corrected chi connectivity index (χ0v) is 12.1. The van der Waals surface area contributed by atoms with Crippen molar-refractivity contribution in [3.8, 4) is 0 Å². The van der Waals surface area contributed by atoms with Crippen LogP contribution in [0.3, 0.4) is 0 Å². The average molecular weight is 305 g/mol. The highest BCUT2D eigenvalue weighted by Crippen LogP contribution is 2.16. The van der Waals surface area contributed by atoms with Crippen LogP contribution >= 0.6 is 0 Å². The maximum atomic E-state index is 13.5. The van der Waals surface area contributed by atoms with Gasteiger partial charge in [0.2, 0.25) is 5.91 Å². The predicted octanol–water partition coefficient (Wildman–Crippen LogP) is 2.67. The minimum absolute atomic E-state index is 0.0342. The van der Waals surface area contributed by atoms with E-state index in [0.29, 0.717) is 0 Å². The molecule has 0 saturated heterocycles. The highest BCUT2D eigenvalue weighted by molar-refractivity contribution is 5.78. The maximum absolute atomic E-state index is 13.5. The molecule has 2 N–H and O–H groups in total. The molecular formula is C17H17F2NO2. The number of carbonyl (C=O) groups is 1. The number of rotatable bonds is 5. The van der Waals surface area contributed by atoms with Crippen LogP contribution in [0.15, 0.2) is 42.5 Å². The molecule has 2 aromatic carbocycles. The van der Waals surface area contributed by atoms with Gasteiger partial charge in [-0.3, -0.25) is 4.79 Å². The first-order valence-electron chi connectivity index (χ1n) is 6.91. The van der Waals surface area contributed by atoms with Gasteiger partial charge in [-0.05, 0) is 29.7 Å². The van der Waals surface area contributed by atoms with E-state index in [1.54, 1.807) is 12.1 Å². The molecule has 0 spiro atoms. The lowest BCUT2D eigenvalue weighted by atomic mass is 10.0. The van der Waals surface area contributed by atoms with Gasteiger partial charge in [-0.15, -0.1) is 0 Å². The van der Waals surface area contributed by atoms with Crippen molar-refractivity contribution in [2.75, 3.05) is 6.54 Å². The zero-order chi connectivity index (χ0) is 16.1. The van der Waals surface area contributed by atoms with Gasteiger partial charge in [-0.25, -0.2) is 8.78 Å². The van der Waals surface area contributed by atoms with Gasteiger partial charge >= 0.3 is 0 Å². The molecule has 5 heteroatoms. The minimum atomic E-state index is -0.830. The summed E-state index contributed by atoms with van der Waals surface area (Å²) in [7, 11) is 0. The Morgan fingerprint density at radius 2 is 1.95 bits per heavy atom. The summed E-state index contributed by atoms with van der Waals surface area (Å²) in [6.45, 7) is 1.90. The lowest BCUT2D eigenvalue weighted by Crippen LogP contribution is -2.30. The molecule has 1 amide bonds. The van der Waals surface area contributed by atoms with Crippen molar-refractivity contribution in [3.05, 3.63) is 70.8 Å². The lowest BCUT2D eigenvalue weighted by Gasteiger charge is -2.14. The SMILES string of the molecule is Cc1ccccc1C(O)CNC(=O)Cc1ccc(F)cc1F. The highest BCUT2D eigenvalue weighted by atomic mass is 19.1. The number of hydrogen-bond donors (Lipinski definition) is 2. The monoisotopic (exact) mass is 305 g/mol. The number of nitrogens with one attached hydrogen (secondary N) is 1. The van der Waals surface area contributed by atoms with Crippen LogP contribution in [0.4, 0.5) is 8.78 Å². The first-order valence-corrected chi connectivity index (χ1v) is 6.91. The Morgan fingerprint density at radius 1 is 1.23 bits per heavy atom. The van der Waals surface area contributed by atoms with E-state index in [2.05, 4.69) is 5.32 Å². The third-order valence-electron chi connectivity index (χ3n) is 3.41. The normalized spacial score (nSPS) is 12.0.